The molecule has 118 valence electrons. The zero-order valence-corrected chi connectivity index (χ0v) is 14.2. The minimum atomic E-state index is -0.409. The van der Waals surface area contributed by atoms with Crippen LogP contribution in [0.2, 0.25) is 5.02 Å². The summed E-state index contributed by atoms with van der Waals surface area (Å²) in [5.74, 6) is 0. The van der Waals surface area contributed by atoms with Crippen LogP contribution in [-0.2, 0) is 0 Å². The van der Waals surface area contributed by atoms with Crippen molar-refractivity contribution in [1.29, 1.82) is 0 Å². The number of amides is 2. The molecule has 0 saturated carbocycles. The Morgan fingerprint density at radius 2 is 1.87 bits per heavy atom. The predicted molar refractivity (Wildman–Crippen MR) is 96.3 cm³/mol. The summed E-state index contributed by atoms with van der Waals surface area (Å²) in [4.78, 5) is 16.4. The van der Waals surface area contributed by atoms with Gasteiger partial charge in [-0.1, -0.05) is 35.1 Å². The topological polar surface area (TPSA) is 66.1 Å². The normalized spacial score (nSPS) is 10.6. The zero-order chi connectivity index (χ0) is 16.4. The highest BCUT2D eigenvalue weighted by Crippen LogP contribution is 2.26. The number of hydrogen-bond donors (Lipinski definition) is 3. The van der Waals surface area contributed by atoms with Crippen molar-refractivity contribution >= 4 is 50.0 Å². The van der Waals surface area contributed by atoms with Crippen LogP contribution < -0.4 is 16.2 Å². The maximum atomic E-state index is 12.0. The van der Waals surface area contributed by atoms with Crippen LogP contribution in [0.4, 0.5) is 15.6 Å². The Balaban J connectivity index is 1.64. The lowest BCUT2D eigenvalue weighted by Crippen LogP contribution is -2.33. The highest BCUT2D eigenvalue weighted by molar-refractivity contribution is 7.22. The molecule has 2 amide bonds. The Hall–Kier alpha value is -2.31. The average Bonchev–Trinajstić information content (AvgIpc) is 2.91. The van der Waals surface area contributed by atoms with Crippen molar-refractivity contribution in [3.63, 3.8) is 0 Å². The molecule has 0 aliphatic carbocycles. The maximum absolute atomic E-state index is 12.0. The summed E-state index contributed by atoms with van der Waals surface area (Å²) in [5, 5.41) is 3.81. The molecule has 0 aliphatic heterocycles. The third-order valence-electron chi connectivity index (χ3n) is 3.20. The van der Waals surface area contributed by atoms with Crippen LogP contribution in [0.25, 0.3) is 10.2 Å². The number of urea groups is 1. The first kappa shape index (κ1) is 15.6. The standard InChI is InChI=1S/C16H15ClN4OS/c1-9-3-5-11(17)13(7-9)18-15(22)20-21-16-19-12-6-4-10(2)8-14(12)23-16/h3-8H,1-2H3,(H,19,21)(H2,18,20,22). The van der Waals surface area contributed by atoms with E-state index < -0.39 is 6.03 Å². The highest BCUT2D eigenvalue weighted by atomic mass is 35.5. The van der Waals surface area contributed by atoms with E-state index in [9.17, 15) is 4.79 Å². The summed E-state index contributed by atoms with van der Waals surface area (Å²) < 4.78 is 1.07. The summed E-state index contributed by atoms with van der Waals surface area (Å²) >= 11 is 7.53. The molecule has 3 rings (SSSR count). The van der Waals surface area contributed by atoms with E-state index in [-0.39, 0.29) is 0 Å². The Morgan fingerprint density at radius 3 is 2.70 bits per heavy atom. The quantitative estimate of drug-likeness (QED) is 0.601. The van der Waals surface area contributed by atoms with Gasteiger partial charge < -0.3 is 5.32 Å². The summed E-state index contributed by atoms with van der Waals surface area (Å²) in [6.45, 7) is 3.96. The number of hydrazine groups is 1. The molecule has 0 unspecified atom stereocenters. The van der Waals surface area contributed by atoms with E-state index in [0.29, 0.717) is 15.8 Å². The number of anilines is 2. The van der Waals surface area contributed by atoms with Crippen LogP contribution in [0.1, 0.15) is 11.1 Å². The number of nitrogens with zero attached hydrogens (tertiary/aromatic N) is 1. The van der Waals surface area contributed by atoms with Gasteiger partial charge in [-0.15, -0.1) is 0 Å². The predicted octanol–water partition coefficient (Wildman–Crippen LogP) is 4.72. The van der Waals surface area contributed by atoms with Gasteiger partial charge in [0.25, 0.3) is 0 Å². The number of carbonyl (C=O) groups excluding carboxylic acids is 1. The van der Waals surface area contributed by atoms with E-state index in [2.05, 4.69) is 27.2 Å². The van der Waals surface area contributed by atoms with Gasteiger partial charge in [0.2, 0.25) is 5.13 Å². The van der Waals surface area contributed by atoms with Crippen molar-refractivity contribution < 1.29 is 4.79 Å². The van der Waals surface area contributed by atoms with Crippen molar-refractivity contribution in [2.45, 2.75) is 13.8 Å². The summed E-state index contributed by atoms with van der Waals surface area (Å²) in [5.41, 5.74) is 9.01. The maximum Gasteiger partial charge on any atom is 0.337 e. The van der Waals surface area contributed by atoms with E-state index in [1.807, 2.05) is 38.1 Å². The first-order valence-electron chi connectivity index (χ1n) is 6.97. The molecule has 0 spiro atoms. The molecule has 0 fully saturated rings. The van der Waals surface area contributed by atoms with Crippen molar-refractivity contribution in [2.75, 3.05) is 10.7 Å². The van der Waals surface area contributed by atoms with Gasteiger partial charge in [-0.25, -0.2) is 15.2 Å². The molecular formula is C16H15ClN4OS. The number of halogens is 1. The van der Waals surface area contributed by atoms with Crippen molar-refractivity contribution in [1.82, 2.24) is 10.4 Å². The lowest BCUT2D eigenvalue weighted by Gasteiger charge is -2.09. The smallest absolute Gasteiger partial charge is 0.305 e. The number of hydrogen-bond acceptors (Lipinski definition) is 4. The number of aromatic nitrogens is 1. The van der Waals surface area contributed by atoms with Crippen LogP contribution in [0.3, 0.4) is 0 Å². The fraction of sp³-hybridized carbons (Fsp3) is 0.125. The Kier molecular flexibility index (Phi) is 4.36. The first-order valence-corrected chi connectivity index (χ1v) is 8.17. The van der Waals surface area contributed by atoms with Gasteiger partial charge >= 0.3 is 6.03 Å². The van der Waals surface area contributed by atoms with Gasteiger partial charge in [0.15, 0.2) is 0 Å². The molecule has 3 aromatic rings. The van der Waals surface area contributed by atoms with E-state index in [4.69, 9.17) is 11.6 Å². The molecule has 2 aromatic carbocycles. The third-order valence-corrected chi connectivity index (χ3v) is 4.46. The molecular weight excluding hydrogens is 332 g/mol. The SMILES string of the molecule is Cc1ccc(Cl)c(NC(=O)NNc2nc3ccc(C)cc3s2)c1. The van der Waals surface area contributed by atoms with E-state index in [1.165, 1.54) is 16.9 Å². The first-order chi connectivity index (χ1) is 11.0. The minimum absolute atomic E-state index is 0.409. The van der Waals surface area contributed by atoms with Gasteiger partial charge in [-0.05, 0) is 49.2 Å². The van der Waals surface area contributed by atoms with E-state index >= 15 is 0 Å². The molecule has 0 bridgehead atoms. The molecule has 0 aliphatic rings. The van der Waals surface area contributed by atoms with E-state index in [0.717, 1.165) is 15.8 Å². The largest absolute Gasteiger partial charge is 0.337 e. The number of benzene rings is 2. The molecule has 1 heterocycles. The second kappa shape index (κ2) is 6.44. The Labute approximate surface area is 142 Å². The number of carbonyl (C=O) groups is 1. The molecule has 7 heteroatoms. The zero-order valence-electron chi connectivity index (χ0n) is 12.6. The second-order valence-corrected chi connectivity index (χ2v) is 6.62. The molecule has 1 aromatic heterocycles. The van der Waals surface area contributed by atoms with Gasteiger partial charge in [-0.2, -0.15) is 0 Å². The molecule has 23 heavy (non-hydrogen) atoms. The lowest BCUT2D eigenvalue weighted by atomic mass is 10.2. The molecule has 0 radical (unpaired) electrons. The number of thiazole rings is 1. The summed E-state index contributed by atoms with van der Waals surface area (Å²) in [6.07, 6.45) is 0. The second-order valence-electron chi connectivity index (χ2n) is 5.18. The van der Waals surface area contributed by atoms with Gasteiger partial charge in [0.1, 0.15) is 0 Å². The molecule has 5 nitrogen and oxygen atoms in total. The van der Waals surface area contributed by atoms with E-state index in [1.54, 1.807) is 6.07 Å². The van der Waals surface area contributed by atoms with Crippen LogP contribution in [-0.4, -0.2) is 11.0 Å². The van der Waals surface area contributed by atoms with Gasteiger partial charge in [0, 0.05) is 0 Å². The van der Waals surface area contributed by atoms with Crippen LogP contribution in [0.15, 0.2) is 36.4 Å². The van der Waals surface area contributed by atoms with Crippen molar-refractivity contribution in [3.8, 4) is 0 Å². The average molecular weight is 347 g/mol. The minimum Gasteiger partial charge on any atom is -0.305 e. The van der Waals surface area contributed by atoms with Gasteiger partial charge in [-0.3, -0.25) is 5.43 Å². The van der Waals surface area contributed by atoms with Crippen LogP contribution >= 0.6 is 22.9 Å². The Bertz CT molecular complexity index is 878. The number of fused-ring (bicyclic) bond motifs is 1. The third kappa shape index (κ3) is 3.72. The monoisotopic (exact) mass is 346 g/mol. The number of rotatable bonds is 3. The van der Waals surface area contributed by atoms with Gasteiger partial charge in [0.05, 0.1) is 20.9 Å². The van der Waals surface area contributed by atoms with Crippen molar-refractivity contribution in [2.24, 2.45) is 0 Å². The molecule has 0 saturated heterocycles. The molecule has 0 atom stereocenters. The number of nitrogens with one attached hydrogen (secondary N) is 3. The highest BCUT2D eigenvalue weighted by Gasteiger charge is 2.07. The lowest BCUT2D eigenvalue weighted by molar-refractivity contribution is 0.254. The summed E-state index contributed by atoms with van der Waals surface area (Å²) in [7, 11) is 0. The summed E-state index contributed by atoms with van der Waals surface area (Å²) in [6, 6.07) is 11.0. The van der Waals surface area contributed by atoms with Crippen molar-refractivity contribution in [3.05, 3.63) is 52.5 Å². The van der Waals surface area contributed by atoms with Crippen LogP contribution in [0, 0.1) is 13.8 Å². The number of aryl methyl sites for hydroxylation is 2. The fourth-order valence-corrected chi connectivity index (χ4v) is 3.17. The fourth-order valence-electron chi connectivity index (χ4n) is 2.08. The Morgan fingerprint density at radius 1 is 1.13 bits per heavy atom. The molecule has 3 N–H and O–H groups in total. The van der Waals surface area contributed by atoms with Crippen LogP contribution in [0.5, 0.6) is 0 Å².